The highest BCUT2D eigenvalue weighted by Gasteiger charge is 2.16. The minimum Gasteiger partial charge on any atom is -0.482 e. The first-order chi connectivity index (χ1) is 16.4. The van der Waals surface area contributed by atoms with E-state index in [0.717, 1.165) is 11.1 Å². The van der Waals surface area contributed by atoms with Gasteiger partial charge in [-0.15, -0.1) is 0 Å². The number of rotatable bonds is 8. The van der Waals surface area contributed by atoms with Gasteiger partial charge in [-0.2, -0.15) is 5.10 Å². The van der Waals surface area contributed by atoms with Crippen LogP contribution in [0.5, 0.6) is 5.75 Å². The van der Waals surface area contributed by atoms with Crippen molar-refractivity contribution < 1.29 is 14.5 Å². The van der Waals surface area contributed by atoms with Crippen LogP contribution in [0, 0.1) is 17.0 Å². The minimum absolute atomic E-state index is 0.0841. The van der Waals surface area contributed by atoms with Gasteiger partial charge in [0.05, 0.1) is 11.5 Å². The molecule has 9 heteroatoms. The molecule has 0 saturated heterocycles. The number of amides is 1. The van der Waals surface area contributed by atoms with Crippen LogP contribution in [-0.4, -0.2) is 20.6 Å². The lowest BCUT2D eigenvalue weighted by Crippen LogP contribution is -2.13. The van der Waals surface area contributed by atoms with Crippen molar-refractivity contribution in [3.63, 3.8) is 0 Å². The van der Waals surface area contributed by atoms with Crippen molar-refractivity contribution in [3.05, 3.63) is 116 Å². The predicted molar refractivity (Wildman–Crippen MR) is 129 cm³/mol. The first-order valence-corrected chi connectivity index (χ1v) is 10.8. The van der Waals surface area contributed by atoms with E-state index < -0.39 is 4.92 Å². The quantitative estimate of drug-likeness (QED) is 0.262. The fourth-order valence-electron chi connectivity index (χ4n) is 3.34. The first kappa shape index (κ1) is 23.0. The summed E-state index contributed by atoms with van der Waals surface area (Å²) < 4.78 is 7.38. The smallest absolute Gasteiger partial charge is 0.311 e. The van der Waals surface area contributed by atoms with E-state index in [0.29, 0.717) is 28.5 Å². The number of benzene rings is 3. The van der Waals surface area contributed by atoms with Crippen LogP contribution in [0.25, 0.3) is 0 Å². The van der Waals surface area contributed by atoms with E-state index in [1.54, 1.807) is 60.3 Å². The van der Waals surface area contributed by atoms with Gasteiger partial charge in [-0.1, -0.05) is 41.9 Å². The van der Waals surface area contributed by atoms with E-state index in [2.05, 4.69) is 10.4 Å². The molecule has 1 amide bonds. The summed E-state index contributed by atoms with van der Waals surface area (Å²) in [6, 6.07) is 20.9. The summed E-state index contributed by atoms with van der Waals surface area (Å²) in [6.07, 6.45) is 1.78. The zero-order valence-electron chi connectivity index (χ0n) is 18.3. The average molecular weight is 477 g/mol. The Morgan fingerprint density at radius 1 is 1.09 bits per heavy atom. The van der Waals surface area contributed by atoms with Gasteiger partial charge in [0.15, 0.2) is 11.6 Å². The van der Waals surface area contributed by atoms with Gasteiger partial charge in [-0.3, -0.25) is 19.6 Å². The summed E-state index contributed by atoms with van der Waals surface area (Å²) in [6.45, 7) is 2.41. The number of carbonyl (C=O) groups is 1. The molecule has 4 aromatic rings. The van der Waals surface area contributed by atoms with Crippen LogP contribution in [-0.2, 0) is 13.2 Å². The number of carbonyl (C=O) groups excluding carboxylic acids is 1. The van der Waals surface area contributed by atoms with E-state index >= 15 is 0 Å². The number of anilines is 1. The maximum Gasteiger partial charge on any atom is 0.311 e. The molecule has 0 spiro atoms. The van der Waals surface area contributed by atoms with E-state index in [-0.39, 0.29) is 24.0 Å². The number of nitrogens with one attached hydrogen (secondary N) is 1. The molecule has 0 aliphatic carbocycles. The van der Waals surface area contributed by atoms with Gasteiger partial charge in [-0.05, 0) is 53.9 Å². The molecule has 8 nitrogen and oxygen atoms in total. The summed E-state index contributed by atoms with van der Waals surface area (Å²) in [5.74, 6) is 0.285. The van der Waals surface area contributed by atoms with Crippen molar-refractivity contribution in [1.82, 2.24) is 9.78 Å². The largest absolute Gasteiger partial charge is 0.482 e. The van der Waals surface area contributed by atoms with Crippen molar-refractivity contribution in [2.75, 3.05) is 5.32 Å². The summed E-state index contributed by atoms with van der Waals surface area (Å²) in [5.41, 5.74) is 2.84. The number of nitro groups is 1. The molecule has 0 aliphatic heterocycles. The van der Waals surface area contributed by atoms with E-state index in [1.165, 1.54) is 6.07 Å². The monoisotopic (exact) mass is 476 g/mol. The molecule has 172 valence electrons. The zero-order chi connectivity index (χ0) is 24.1. The summed E-state index contributed by atoms with van der Waals surface area (Å²) in [7, 11) is 0. The molecule has 1 aromatic heterocycles. The Kier molecular flexibility index (Phi) is 6.89. The second kappa shape index (κ2) is 10.2. The minimum atomic E-state index is -0.474. The Balaban J connectivity index is 1.39. The van der Waals surface area contributed by atoms with Crippen LogP contribution in [0.1, 0.15) is 27.0 Å². The van der Waals surface area contributed by atoms with Crippen LogP contribution >= 0.6 is 11.6 Å². The van der Waals surface area contributed by atoms with Gasteiger partial charge in [0.25, 0.3) is 5.91 Å². The number of halogens is 1. The van der Waals surface area contributed by atoms with Crippen molar-refractivity contribution in [3.8, 4) is 5.75 Å². The SMILES string of the molecule is Cc1ccc(OCc2cccc(C(=O)Nc3ccn(Cc4ccc(Cl)cc4)n3)c2)c([N+](=O)[O-])c1. The van der Waals surface area contributed by atoms with Crippen molar-refractivity contribution in [2.24, 2.45) is 0 Å². The third kappa shape index (κ3) is 5.79. The molecule has 0 bridgehead atoms. The number of hydrogen-bond donors (Lipinski definition) is 1. The van der Waals surface area contributed by atoms with Gasteiger partial charge in [0, 0.05) is 28.9 Å². The molecule has 0 radical (unpaired) electrons. The second-order valence-corrected chi connectivity index (χ2v) is 8.13. The van der Waals surface area contributed by atoms with Crippen LogP contribution in [0.3, 0.4) is 0 Å². The lowest BCUT2D eigenvalue weighted by Gasteiger charge is -2.09. The molecule has 0 saturated carbocycles. The zero-order valence-corrected chi connectivity index (χ0v) is 19.0. The van der Waals surface area contributed by atoms with Gasteiger partial charge >= 0.3 is 5.69 Å². The third-order valence-electron chi connectivity index (χ3n) is 5.03. The number of nitro benzene ring substituents is 1. The first-order valence-electron chi connectivity index (χ1n) is 10.4. The number of aromatic nitrogens is 2. The molecule has 1 N–H and O–H groups in total. The molecule has 0 atom stereocenters. The van der Waals surface area contributed by atoms with Crippen molar-refractivity contribution in [2.45, 2.75) is 20.1 Å². The number of hydrogen-bond acceptors (Lipinski definition) is 5. The second-order valence-electron chi connectivity index (χ2n) is 7.70. The number of nitrogens with zero attached hydrogens (tertiary/aromatic N) is 3. The normalized spacial score (nSPS) is 10.6. The fourth-order valence-corrected chi connectivity index (χ4v) is 3.46. The highest BCUT2D eigenvalue weighted by molar-refractivity contribution is 6.30. The Bertz CT molecular complexity index is 1340. The Labute approximate surface area is 200 Å². The highest BCUT2D eigenvalue weighted by Crippen LogP contribution is 2.28. The molecule has 0 fully saturated rings. The van der Waals surface area contributed by atoms with Crippen LogP contribution in [0.15, 0.2) is 79.0 Å². The van der Waals surface area contributed by atoms with E-state index in [9.17, 15) is 14.9 Å². The Morgan fingerprint density at radius 2 is 1.88 bits per heavy atom. The van der Waals surface area contributed by atoms with Gasteiger partial charge in [0.1, 0.15) is 6.61 Å². The maximum absolute atomic E-state index is 12.7. The standard InChI is InChI=1S/C25H21ClN4O4/c1-17-5-10-23(22(13-17)30(32)33)34-16-19-3-2-4-20(14-19)25(31)27-24-11-12-29(28-24)15-18-6-8-21(26)9-7-18/h2-14H,15-16H2,1H3,(H,27,28,31). The highest BCUT2D eigenvalue weighted by atomic mass is 35.5. The molecule has 0 aliphatic rings. The number of ether oxygens (including phenoxy) is 1. The van der Waals surface area contributed by atoms with Gasteiger partial charge < -0.3 is 10.1 Å². The summed E-state index contributed by atoms with van der Waals surface area (Å²) >= 11 is 5.92. The lowest BCUT2D eigenvalue weighted by atomic mass is 10.1. The molecule has 4 rings (SSSR count). The van der Waals surface area contributed by atoms with E-state index in [4.69, 9.17) is 16.3 Å². The Morgan fingerprint density at radius 3 is 2.65 bits per heavy atom. The van der Waals surface area contributed by atoms with Crippen LogP contribution < -0.4 is 10.1 Å². The third-order valence-corrected chi connectivity index (χ3v) is 5.29. The van der Waals surface area contributed by atoms with Crippen LogP contribution in [0.2, 0.25) is 5.02 Å². The maximum atomic E-state index is 12.7. The average Bonchev–Trinajstić information content (AvgIpc) is 3.26. The Hall–Kier alpha value is -4.17. The lowest BCUT2D eigenvalue weighted by molar-refractivity contribution is -0.386. The molecular weight excluding hydrogens is 456 g/mol. The molecular formula is C25H21ClN4O4. The molecule has 3 aromatic carbocycles. The van der Waals surface area contributed by atoms with Gasteiger partial charge in [0.2, 0.25) is 0 Å². The topological polar surface area (TPSA) is 99.3 Å². The molecule has 0 unspecified atom stereocenters. The summed E-state index contributed by atoms with van der Waals surface area (Å²) in [4.78, 5) is 23.5. The van der Waals surface area contributed by atoms with E-state index in [1.807, 2.05) is 24.3 Å². The summed E-state index contributed by atoms with van der Waals surface area (Å²) in [5, 5.41) is 19.1. The van der Waals surface area contributed by atoms with Gasteiger partial charge in [-0.25, -0.2) is 0 Å². The molecule has 1 heterocycles. The van der Waals surface area contributed by atoms with Crippen molar-refractivity contribution in [1.29, 1.82) is 0 Å². The molecule has 34 heavy (non-hydrogen) atoms. The fraction of sp³-hybridized carbons (Fsp3) is 0.120. The number of aryl methyl sites for hydroxylation is 1. The van der Waals surface area contributed by atoms with Crippen LogP contribution in [0.4, 0.5) is 11.5 Å². The predicted octanol–water partition coefficient (Wildman–Crippen LogP) is 5.63. The van der Waals surface area contributed by atoms with Crippen molar-refractivity contribution >= 4 is 29.0 Å².